The van der Waals surface area contributed by atoms with E-state index in [0.29, 0.717) is 18.1 Å². The Morgan fingerprint density at radius 2 is 1.86 bits per heavy atom. The predicted octanol–water partition coefficient (Wildman–Crippen LogP) is 4.02. The molecule has 0 fully saturated rings. The Balaban J connectivity index is 1.64. The fourth-order valence-corrected chi connectivity index (χ4v) is 2.71. The van der Waals surface area contributed by atoms with E-state index in [1.165, 1.54) is 5.56 Å². The summed E-state index contributed by atoms with van der Waals surface area (Å²) in [7, 11) is 0. The van der Waals surface area contributed by atoms with Crippen LogP contribution in [0, 0.1) is 6.92 Å². The molecule has 146 valence electrons. The number of ether oxygens (including phenoxy) is 2. The second-order valence-corrected chi connectivity index (χ2v) is 6.21. The summed E-state index contributed by atoms with van der Waals surface area (Å²) in [4.78, 5) is 12.2. The van der Waals surface area contributed by atoms with Crippen LogP contribution < -0.4 is 14.8 Å². The van der Waals surface area contributed by atoms with E-state index in [1.807, 2.05) is 56.3 Å². The van der Waals surface area contributed by atoms with Crippen molar-refractivity contribution in [2.24, 2.45) is 0 Å². The first-order valence-corrected chi connectivity index (χ1v) is 9.18. The average molecular weight is 381 g/mol. The second kappa shape index (κ2) is 9.03. The lowest BCUT2D eigenvalue weighted by molar-refractivity contribution is -0.118. The molecule has 1 aromatic heterocycles. The van der Waals surface area contributed by atoms with E-state index in [1.54, 1.807) is 0 Å². The number of anilines is 1. The summed E-state index contributed by atoms with van der Waals surface area (Å²) in [6, 6.07) is 13.3. The van der Waals surface area contributed by atoms with Crippen molar-refractivity contribution >= 4 is 11.7 Å². The van der Waals surface area contributed by atoms with Gasteiger partial charge in [-0.3, -0.25) is 4.79 Å². The smallest absolute Gasteiger partial charge is 0.263 e. The van der Waals surface area contributed by atoms with Crippen molar-refractivity contribution in [1.29, 1.82) is 0 Å². The molecule has 3 rings (SSSR count). The maximum absolute atomic E-state index is 12.2. The maximum atomic E-state index is 12.2. The van der Waals surface area contributed by atoms with Crippen molar-refractivity contribution in [2.75, 3.05) is 18.5 Å². The third-order valence-electron chi connectivity index (χ3n) is 4.20. The van der Waals surface area contributed by atoms with Gasteiger partial charge in [-0.25, -0.2) is 4.63 Å². The minimum absolute atomic E-state index is 0.139. The predicted molar refractivity (Wildman–Crippen MR) is 106 cm³/mol. The number of hydrogen-bond acceptors (Lipinski definition) is 6. The van der Waals surface area contributed by atoms with Gasteiger partial charge in [0.25, 0.3) is 5.91 Å². The van der Waals surface area contributed by atoms with Crippen molar-refractivity contribution in [2.45, 2.75) is 27.2 Å². The van der Waals surface area contributed by atoms with Gasteiger partial charge in [0, 0.05) is 5.56 Å². The third kappa shape index (κ3) is 4.68. The van der Waals surface area contributed by atoms with Crippen LogP contribution in [-0.4, -0.2) is 29.4 Å². The second-order valence-electron chi connectivity index (χ2n) is 6.21. The average Bonchev–Trinajstić information content (AvgIpc) is 3.16. The van der Waals surface area contributed by atoms with Crippen LogP contribution in [0.15, 0.2) is 47.1 Å². The number of aryl methyl sites for hydroxylation is 2. The molecule has 0 saturated heterocycles. The Labute approximate surface area is 163 Å². The number of aromatic nitrogens is 2. The Morgan fingerprint density at radius 1 is 1.07 bits per heavy atom. The van der Waals surface area contributed by atoms with Crippen molar-refractivity contribution in [3.05, 3.63) is 53.6 Å². The van der Waals surface area contributed by atoms with Crippen LogP contribution in [-0.2, 0) is 11.2 Å². The summed E-state index contributed by atoms with van der Waals surface area (Å²) < 4.78 is 15.9. The van der Waals surface area contributed by atoms with Gasteiger partial charge in [0.2, 0.25) is 5.82 Å². The number of amides is 1. The van der Waals surface area contributed by atoms with E-state index < -0.39 is 0 Å². The lowest BCUT2D eigenvalue weighted by Gasteiger charge is -2.09. The maximum Gasteiger partial charge on any atom is 0.263 e. The van der Waals surface area contributed by atoms with Gasteiger partial charge in [0.1, 0.15) is 11.5 Å². The van der Waals surface area contributed by atoms with Gasteiger partial charge in [0.05, 0.1) is 6.61 Å². The molecule has 1 amide bonds. The van der Waals surface area contributed by atoms with Gasteiger partial charge in [-0.1, -0.05) is 19.1 Å². The Bertz CT molecular complexity index is 935. The van der Waals surface area contributed by atoms with Crippen LogP contribution in [0.4, 0.5) is 5.82 Å². The molecule has 3 aromatic rings. The molecule has 1 heterocycles. The van der Waals surface area contributed by atoms with Gasteiger partial charge in [-0.2, -0.15) is 0 Å². The van der Waals surface area contributed by atoms with Gasteiger partial charge < -0.3 is 14.8 Å². The minimum Gasteiger partial charge on any atom is -0.494 e. The van der Waals surface area contributed by atoms with Gasteiger partial charge in [-0.15, -0.1) is 0 Å². The first-order chi connectivity index (χ1) is 13.6. The number of nitrogens with zero attached hydrogens (tertiary/aromatic N) is 2. The number of rotatable bonds is 8. The SMILES string of the molecule is CCOc1ccc(-c2nonc2NC(=O)COc2ccc(CC)cc2)cc1C. The molecule has 0 atom stereocenters. The van der Waals surface area contributed by atoms with Crippen LogP contribution in [0.3, 0.4) is 0 Å². The molecule has 7 nitrogen and oxygen atoms in total. The van der Waals surface area contributed by atoms with Gasteiger partial charge in [0.15, 0.2) is 12.3 Å². The summed E-state index contributed by atoms with van der Waals surface area (Å²) in [5.74, 6) is 1.33. The van der Waals surface area contributed by atoms with E-state index in [4.69, 9.17) is 14.1 Å². The molecule has 0 aliphatic carbocycles. The van der Waals surface area contributed by atoms with E-state index in [0.717, 1.165) is 23.3 Å². The molecule has 28 heavy (non-hydrogen) atoms. The van der Waals surface area contributed by atoms with Crippen LogP contribution in [0.5, 0.6) is 11.5 Å². The quantitative estimate of drug-likeness (QED) is 0.634. The minimum atomic E-state index is -0.348. The molecule has 1 N–H and O–H groups in total. The summed E-state index contributed by atoms with van der Waals surface area (Å²) >= 11 is 0. The summed E-state index contributed by atoms with van der Waals surface area (Å²) in [5.41, 5.74) is 3.39. The third-order valence-corrected chi connectivity index (χ3v) is 4.20. The van der Waals surface area contributed by atoms with E-state index in [-0.39, 0.29) is 18.3 Å². The fraction of sp³-hybridized carbons (Fsp3) is 0.286. The molecule has 0 aliphatic heterocycles. The first kappa shape index (κ1) is 19.4. The standard InChI is InChI=1S/C21H23N3O4/c1-4-15-6-9-17(10-7-15)27-13-19(25)22-21-20(23-28-24-21)16-8-11-18(26-5-2)14(3)12-16/h6-12H,4-5,13H2,1-3H3,(H,22,24,25). The Morgan fingerprint density at radius 3 is 2.54 bits per heavy atom. The first-order valence-electron chi connectivity index (χ1n) is 9.18. The zero-order valence-corrected chi connectivity index (χ0v) is 16.2. The summed E-state index contributed by atoms with van der Waals surface area (Å²) in [6.45, 7) is 6.41. The highest BCUT2D eigenvalue weighted by atomic mass is 16.6. The van der Waals surface area contributed by atoms with E-state index >= 15 is 0 Å². The van der Waals surface area contributed by atoms with Crippen LogP contribution in [0.2, 0.25) is 0 Å². The largest absolute Gasteiger partial charge is 0.494 e. The molecule has 0 saturated carbocycles. The zero-order chi connectivity index (χ0) is 19.9. The van der Waals surface area contributed by atoms with Crippen molar-refractivity contribution in [3.63, 3.8) is 0 Å². The number of carbonyl (C=O) groups excluding carboxylic acids is 1. The Kier molecular flexibility index (Phi) is 6.26. The summed E-state index contributed by atoms with van der Waals surface area (Å²) in [6.07, 6.45) is 0.952. The van der Waals surface area contributed by atoms with Crippen LogP contribution in [0.25, 0.3) is 11.3 Å². The lowest BCUT2D eigenvalue weighted by Crippen LogP contribution is -2.20. The zero-order valence-electron chi connectivity index (χ0n) is 16.2. The van der Waals surface area contributed by atoms with Crippen molar-refractivity contribution in [1.82, 2.24) is 10.3 Å². The highest BCUT2D eigenvalue weighted by Crippen LogP contribution is 2.29. The van der Waals surface area contributed by atoms with E-state index in [9.17, 15) is 4.79 Å². The van der Waals surface area contributed by atoms with Crippen molar-refractivity contribution in [3.8, 4) is 22.8 Å². The molecule has 0 aliphatic rings. The molecular weight excluding hydrogens is 358 g/mol. The Hall–Kier alpha value is -3.35. The molecule has 0 unspecified atom stereocenters. The van der Waals surface area contributed by atoms with E-state index in [2.05, 4.69) is 22.6 Å². The normalized spacial score (nSPS) is 10.5. The fourth-order valence-electron chi connectivity index (χ4n) is 2.71. The monoisotopic (exact) mass is 381 g/mol. The molecule has 0 bridgehead atoms. The van der Waals surface area contributed by atoms with Crippen molar-refractivity contribution < 1.29 is 18.9 Å². The lowest BCUT2D eigenvalue weighted by atomic mass is 10.1. The topological polar surface area (TPSA) is 86.5 Å². The number of nitrogens with one attached hydrogen (secondary N) is 1. The molecular formula is C21H23N3O4. The van der Waals surface area contributed by atoms with Gasteiger partial charge >= 0.3 is 0 Å². The molecule has 2 aromatic carbocycles. The van der Waals surface area contributed by atoms with Gasteiger partial charge in [-0.05, 0) is 72.0 Å². The molecule has 0 spiro atoms. The molecule has 7 heteroatoms. The number of carbonyl (C=O) groups is 1. The number of benzene rings is 2. The highest BCUT2D eigenvalue weighted by molar-refractivity contribution is 5.94. The van der Waals surface area contributed by atoms with Crippen LogP contribution >= 0.6 is 0 Å². The van der Waals surface area contributed by atoms with Crippen LogP contribution in [0.1, 0.15) is 25.0 Å². The molecule has 0 radical (unpaired) electrons. The highest BCUT2D eigenvalue weighted by Gasteiger charge is 2.16. The number of hydrogen-bond donors (Lipinski definition) is 1. The summed E-state index contributed by atoms with van der Waals surface area (Å²) in [5, 5.41) is 10.4.